The quantitative estimate of drug-likeness (QED) is 0.854. The summed E-state index contributed by atoms with van der Waals surface area (Å²) in [5, 5.41) is 7.80. The highest BCUT2D eigenvalue weighted by atomic mass is 15.2. The van der Waals surface area contributed by atoms with E-state index in [0.717, 1.165) is 24.3 Å². The Morgan fingerprint density at radius 2 is 2.21 bits per heavy atom. The lowest BCUT2D eigenvalue weighted by molar-refractivity contribution is 0.191. The first kappa shape index (κ1) is 14.6. The van der Waals surface area contributed by atoms with E-state index in [2.05, 4.69) is 30.5 Å². The minimum atomic E-state index is 0.723. The van der Waals surface area contributed by atoms with Gasteiger partial charge in [0, 0.05) is 25.0 Å². The second-order valence-corrected chi connectivity index (χ2v) is 6.11. The van der Waals surface area contributed by atoms with Crippen LogP contribution in [0.5, 0.6) is 0 Å². The molecule has 0 aromatic carbocycles. The molecule has 3 nitrogen and oxygen atoms in total. The number of aryl methyl sites for hydroxylation is 2. The van der Waals surface area contributed by atoms with E-state index in [4.69, 9.17) is 0 Å². The molecule has 1 aliphatic rings. The predicted octanol–water partition coefficient (Wildman–Crippen LogP) is 3.16. The van der Waals surface area contributed by atoms with Gasteiger partial charge in [-0.3, -0.25) is 4.68 Å². The molecule has 108 valence electrons. The monoisotopic (exact) mass is 263 g/mol. The number of hydrogen-bond donors (Lipinski definition) is 1. The van der Waals surface area contributed by atoms with Gasteiger partial charge in [0.2, 0.25) is 0 Å². The summed E-state index contributed by atoms with van der Waals surface area (Å²) in [6.45, 7) is 2.31. The van der Waals surface area contributed by atoms with Crippen molar-refractivity contribution < 1.29 is 0 Å². The maximum absolute atomic E-state index is 4.26. The average Bonchev–Trinajstić information content (AvgIpc) is 2.82. The van der Waals surface area contributed by atoms with Crippen LogP contribution < -0.4 is 5.32 Å². The van der Waals surface area contributed by atoms with E-state index >= 15 is 0 Å². The second-order valence-electron chi connectivity index (χ2n) is 6.11. The van der Waals surface area contributed by atoms with E-state index in [1.807, 2.05) is 17.9 Å². The molecule has 0 aliphatic heterocycles. The van der Waals surface area contributed by atoms with Crippen molar-refractivity contribution in [2.45, 2.75) is 57.9 Å². The van der Waals surface area contributed by atoms with Crippen molar-refractivity contribution in [2.75, 3.05) is 7.05 Å². The fourth-order valence-corrected chi connectivity index (χ4v) is 3.71. The summed E-state index contributed by atoms with van der Waals surface area (Å²) in [5.41, 5.74) is 1.37. The van der Waals surface area contributed by atoms with Crippen molar-refractivity contribution in [1.29, 1.82) is 0 Å². The zero-order valence-corrected chi connectivity index (χ0v) is 12.7. The molecule has 0 radical (unpaired) electrons. The molecule has 3 atom stereocenters. The van der Waals surface area contributed by atoms with E-state index in [1.54, 1.807) is 0 Å². The molecule has 1 aromatic rings. The van der Waals surface area contributed by atoms with Crippen LogP contribution in [-0.4, -0.2) is 22.9 Å². The molecule has 1 saturated carbocycles. The lowest BCUT2D eigenvalue weighted by atomic mass is 9.74. The minimum Gasteiger partial charge on any atom is -0.317 e. The molecule has 0 bridgehead atoms. The van der Waals surface area contributed by atoms with Gasteiger partial charge in [0.25, 0.3) is 0 Å². The molecule has 0 amide bonds. The van der Waals surface area contributed by atoms with Crippen LogP contribution in [0.4, 0.5) is 0 Å². The van der Waals surface area contributed by atoms with E-state index in [0.29, 0.717) is 0 Å². The lowest BCUT2D eigenvalue weighted by Gasteiger charge is -2.36. The Balaban J connectivity index is 1.89. The Labute approximate surface area is 117 Å². The Kier molecular flexibility index (Phi) is 5.44. The van der Waals surface area contributed by atoms with Gasteiger partial charge < -0.3 is 5.32 Å². The van der Waals surface area contributed by atoms with Crippen LogP contribution in [0.3, 0.4) is 0 Å². The standard InChI is InChI=1S/C16H29N3/c1-4-5-13-6-9-16(17-2)14(12-13)7-8-15-10-11-18-19(15)3/h10-11,13-14,16-17H,4-9,12H2,1-3H3. The Morgan fingerprint density at radius 3 is 2.84 bits per heavy atom. The Hall–Kier alpha value is -0.830. The van der Waals surface area contributed by atoms with Gasteiger partial charge >= 0.3 is 0 Å². The summed E-state index contributed by atoms with van der Waals surface area (Å²) in [7, 11) is 4.17. The van der Waals surface area contributed by atoms with Gasteiger partial charge in [-0.15, -0.1) is 0 Å². The average molecular weight is 263 g/mol. The van der Waals surface area contributed by atoms with Crippen LogP contribution in [0.25, 0.3) is 0 Å². The Bertz CT molecular complexity index is 372. The summed E-state index contributed by atoms with van der Waals surface area (Å²) in [5.74, 6) is 1.80. The van der Waals surface area contributed by atoms with Crippen molar-refractivity contribution in [3.8, 4) is 0 Å². The second kappa shape index (κ2) is 7.09. The van der Waals surface area contributed by atoms with E-state index < -0.39 is 0 Å². The number of nitrogens with zero attached hydrogens (tertiary/aromatic N) is 2. The lowest BCUT2D eigenvalue weighted by Crippen LogP contribution is -2.39. The van der Waals surface area contributed by atoms with Crippen LogP contribution >= 0.6 is 0 Å². The first-order valence-corrected chi connectivity index (χ1v) is 7.88. The summed E-state index contributed by atoms with van der Waals surface area (Å²) >= 11 is 0. The highest BCUT2D eigenvalue weighted by Crippen LogP contribution is 2.34. The third-order valence-corrected chi connectivity index (χ3v) is 4.85. The van der Waals surface area contributed by atoms with Crippen LogP contribution in [-0.2, 0) is 13.5 Å². The van der Waals surface area contributed by atoms with Crippen molar-refractivity contribution in [1.82, 2.24) is 15.1 Å². The predicted molar refractivity (Wildman–Crippen MR) is 80.1 cm³/mol. The highest BCUT2D eigenvalue weighted by molar-refractivity contribution is 5.00. The van der Waals surface area contributed by atoms with Gasteiger partial charge in [-0.05, 0) is 57.1 Å². The largest absolute Gasteiger partial charge is 0.317 e. The molecule has 0 spiro atoms. The first-order chi connectivity index (χ1) is 9.24. The fourth-order valence-electron chi connectivity index (χ4n) is 3.71. The molecule has 3 heteroatoms. The van der Waals surface area contributed by atoms with E-state index in [-0.39, 0.29) is 0 Å². The zero-order valence-electron chi connectivity index (χ0n) is 12.7. The highest BCUT2D eigenvalue weighted by Gasteiger charge is 2.28. The van der Waals surface area contributed by atoms with Crippen molar-refractivity contribution in [3.05, 3.63) is 18.0 Å². The fraction of sp³-hybridized carbons (Fsp3) is 0.812. The molecular weight excluding hydrogens is 234 g/mol. The molecule has 1 aromatic heterocycles. The van der Waals surface area contributed by atoms with E-state index in [1.165, 1.54) is 44.2 Å². The summed E-state index contributed by atoms with van der Waals surface area (Å²) in [6, 6.07) is 2.88. The minimum absolute atomic E-state index is 0.723. The van der Waals surface area contributed by atoms with Gasteiger partial charge in [0.05, 0.1) is 0 Å². The maximum atomic E-state index is 4.26. The van der Waals surface area contributed by atoms with Crippen LogP contribution in [0.1, 0.15) is 51.1 Å². The van der Waals surface area contributed by atoms with Crippen LogP contribution in [0.15, 0.2) is 12.3 Å². The third-order valence-electron chi connectivity index (χ3n) is 4.85. The van der Waals surface area contributed by atoms with Gasteiger partial charge in [-0.2, -0.15) is 5.10 Å². The van der Waals surface area contributed by atoms with Crippen molar-refractivity contribution >= 4 is 0 Å². The summed E-state index contributed by atoms with van der Waals surface area (Å²) in [6.07, 6.45) is 11.3. The summed E-state index contributed by atoms with van der Waals surface area (Å²) in [4.78, 5) is 0. The molecule has 1 heterocycles. The first-order valence-electron chi connectivity index (χ1n) is 7.88. The normalized spacial score (nSPS) is 27.6. The van der Waals surface area contributed by atoms with Gasteiger partial charge in [-0.1, -0.05) is 19.8 Å². The molecule has 3 unspecified atom stereocenters. The molecule has 1 aliphatic carbocycles. The van der Waals surface area contributed by atoms with E-state index in [9.17, 15) is 0 Å². The molecule has 2 rings (SSSR count). The molecule has 1 fully saturated rings. The topological polar surface area (TPSA) is 29.9 Å². The number of aromatic nitrogens is 2. The van der Waals surface area contributed by atoms with Gasteiger partial charge in [-0.25, -0.2) is 0 Å². The molecule has 0 saturated heterocycles. The number of nitrogens with one attached hydrogen (secondary N) is 1. The van der Waals surface area contributed by atoms with Crippen molar-refractivity contribution in [3.63, 3.8) is 0 Å². The maximum Gasteiger partial charge on any atom is 0.0492 e. The van der Waals surface area contributed by atoms with Crippen LogP contribution in [0, 0.1) is 11.8 Å². The third kappa shape index (κ3) is 3.82. The Morgan fingerprint density at radius 1 is 1.37 bits per heavy atom. The summed E-state index contributed by atoms with van der Waals surface area (Å²) < 4.78 is 2.01. The smallest absolute Gasteiger partial charge is 0.0492 e. The van der Waals surface area contributed by atoms with Crippen molar-refractivity contribution in [2.24, 2.45) is 18.9 Å². The molecule has 1 N–H and O–H groups in total. The van der Waals surface area contributed by atoms with Crippen LogP contribution in [0.2, 0.25) is 0 Å². The molecular formula is C16H29N3. The number of hydrogen-bond acceptors (Lipinski definition) is 2. The molecule has 19 heavy (non-hydrogen) atoms. The zero-order chi connectivity index (χ0) is 13.7. The van der Waals surface area contributed by atoms with Gasteiger partial charge in [0.15, 0.2) is 0 Å². The SMILES string of the molecule is CCCC1CCC(NC)C(CCc2ccnn2C)C1. The van der Waals surface area contributed by atoms with Gasteiger partial charge in [0.1, 0.15) is 0 Å². The number of rotatable bonds is 6.